The van der Waals surface area contributed by atoms with Crippen LogP contribution in [-0.4, -0.2) is 54.1 Å². The number of likely N-dealkylation sites (N-methyl/N-ethyl adjacent to an activating group) is 1. The van der Waals surface area contributed by atoms with Crippen LogP contribution in [0.25, 0.3) is 0 Å². The summed E-state index contributed by atoms with van der Waals surface area (Å²) in [4.78, 5) is 27.4. The molecule has 0 radical (unpaired) electrons. The molecule has 2 amide bonds. The third-order valence-electron chi connectivity index (χ3n) is 4.87. The van der Waals surface area contributed by atoms with Crippen LogP contribution in [0.3, 0.4) is 0 Å². The van der Waals surface area contributed by atoms with Gasteiger partial charge >= 0.3 is 6.09 Å². The molecule has 2 heterocycles. The third kappa shape index (κ3) is 3.33. The molecule has 3 rings (SSSR count). The summed E-state index contributed by atoms with van der Waals surface area (Å²) in [6, 6.07) is 8.45. The minimum atomic E-state index is -0.482. The van der Waals surface area contributed by atoms with Gasteiger partial charge in [-0.1, -0.05) is 31.2 Å². The average molecular weight is 316 g/mol. The Morgan fingerprint density at radius 3 is 2.52 bits per heavy atom. The van der Waals surface area contributed by atoms with Crippen molar-refractivity contribution in [3.63, 3.8) is 0 Å². The van der Waals surface area contributed by atoms with E-state index in [2.05, 4.69) is 31.2 Å². The highest BCUT2D eigenvalue weighted by Gasteiger charge is 2.49. The van der Waals surface area contributed by atoms with Crippen molar-refractivity contribution < 1.29 is 14.3 Å². The molecule has 1 atom stereocenters. The zero-order chi connectivity index (χ0) is 16.4. The topological polar surface area (TPSA) is 49.9 Å². The van der Waals surface area contributed by atoms with Crippen LogP contribution in [0.4, 0.5) is 4.79 Å². The molecule has 2 aliphatic heterocycles. The number of rotatable bonds is 4. The van der Waals surface area contributed by atoms with Crippen molar-refractivity contribution in [2.75, 3.05) is 26.7 Å². The van der Waals surface area contributed by atoms with Gasteiger partial charge in [-0.2, -0.15) is 0 Å². The van der Waals surface area contributed by atoms with Gasteiger partial charge in [0.25, 0.3) is 0 Å². The van der Waals surface area contributed by atoms with Crippen molar-refractivity contribution in [3.05, 3.63) is 35.4 Å². The van der Waals surface area contributed by atoms with E-state index >= 15 is 0 Å². The summed E-state index contributed by atoms with van der Waals surface area (Å²) in [6.45, 7) is 3.91. The monoisotopic (exact) mass is 316 g/mol. The van der Waals surface area contributed by atoms with Crippen molar-refractivity contribution in [3.8, 4) is 0 Å². The molecule has 1 spiro atoms. The molecule has 0 N–H and O–H groups in total. The molecular weight excluding hydrogens is 292 g/mol. The second-order valence-electron chi connectivity index (χ2n) is 6.64. The molecule has 0 unspecified atom stereocenters. The fraction of sp³-hybridized carbons (Fsp3) is 0.556. The Balaban J connectivity index is 1.52. The SMILES string of the molecule is CCc1ccc(CCC(=O)N2CC[C@@]3(CN(C)C(=O)O3)C2)cc1. The first-order chi connectivity index (χ1) is 11.0. The summed E-state index contributed by atoms with van der Waals surface area (Å²) >= 11 is 0. The lowest BCUT2D eigenvalue weighted by Gasteiger charge is -2.21. The van der Waals surface area contributed by atoms with Gasteiger partial charge in [0.1, 0.15) is 0 Å². The van der Waals surface area contributed by atoms with Gasteiger partial charge in [-0.05, 0) is 24.0 Å². The Labute approximate surface area is 137 Å². The zero-order valence-corrected chi connectivity index (χ0v) is 13.9. The normalized spacial score (nSPS) is 23.7. The van der Waals surface area contributed by atoms with E-state index in [0.29, 0.717) is 26.1 Å². The van der Waals surface area contributed by atoms with Gasteiger partial charge in [0.2, 0.25) is 5.91 Å². The predicted octanol–water partition coefficient (Wildman–Crippen LogP) is 2.23. The molecule has 23 heavy (non-hydrogen) atoms. The molecule has 2 saturated heterocycles. The van der Waals surface area contributed by atoms with Gasteiger partial charge in [-0.3, -0.25) is 4.79 Å². The Morgan fingerprint density at radius 1 is 1.22 bits per heavy atom. The highest BCUT2D eigenvalue weighted by atomic mass is 16.6. The Kier molecular flexibility index (Phi) is 4.28. The lowest BCUT2D eigenvalue weighted by molar-refractivity contribution is -0.130. The van der Waals surface area contributed by atoms with E-state index in [0.717, 1.165) is 19.3 Å². The largest absolute Gasteiger partial charge is 0.439 e. The number of amides is 2. The van der Waals surface area contributed by atoms with Crippen LogP contribution in [0.1, 0.15) is 30.9 Å². The highest BCUT2D eigenvalue weighted by Crippen LogP contribution is 2.32. The molecule has 1 aromatic carbocycles. The minimum absolute atomic E-state index is 0.145. The van der Waals surface area contributed by atoms with Gasteiger partial charge in [-0.15, -0.1) is 0 Å². The number of hydrogen-bond donors (Lipinski definition) is 0. The number of benzene rings is 1. The van der Waals surface area contributed by atoms with Crippen LogP contribution in [0.5, 0.6) is 0 Å². The quantitative estimate of drug-likeness (QED) is 0.856. The maximum atomic E-state index is 12.4. The molecule has 2 aliphatic rings. The number of carbonyl (C=O) groups excluding carboxylic acids is 2. The van der Waals surface area contributed by atoms with Crippen molar-refractivity contribution in [2.45, 2.75) is 38.2 Å². The standard InChI is InChI=1S/C18H24N2O3/c1-3-14-4-6-15(7-5-14)8-9-16(21)20-11-10-18(13-20)12-19(2)17(22)23-18/h4-7H,3,8-13H2,1-2H3/t18-/m1/s1. The van der Waals surface area contributed by atoms with Crippen LogP contribution >= 0.6 is 0 Å². The lowest BCUT2D eigenvalue weighted by Crippen LogP contribution is -2.39. The number of nitrogens with zero attached hydrogens (tertiary/aromatic N) is 2. The van der Waals surface area contributed by atoms with Gasteiger partial charge in [0.05, 0.1) is 13.1 Å². The molecule has 2 fully saturated rings. The van der Waals surface area contributed by atoms with Gasteiger partial charge < -0.3 is 14.5 Å². The van der Waals surface area contributed by atoms with E-state index in [9.17, 15) is 9.59 Å². The van der Waals surface area contributed by atoms with Crippen molar-refractivity contribution in [1.82, 2.24) is 9.80 Å². The first-order valence-corrected chi connectivity index (χ1v) is 8.31. The highest BCUT2D eigenvalue weighted by molar-refractivity contribution is 5.77. The maximum Gasteiger partial charge on any atom is 0.410 e. The molecule has 5 nitrogen and oxygen atoms in total. The zero-order valence-electron chi connectivity index (χ0n) is 13.9. The molecule has 0 aliphatic carbocycles. The van der Waals surface area contributed by atoms with Gasteiger partial charge in [0, 0.05) is 26.4 Å². The maximum absolute atomic E-state index is 12.4. The summed E-state index contributed by atoms with van der Waals surface area (Å²) in [5, 5.41) is 0. The van der Waals surface area contributed by atoms with Gasteiger partial charge in [-0.25, -0.2) is 4.79 Å². The lowest BCUT2D eigenvalue weighted by atomic mass is 10.0. The van der Waals surface area contributed by atoms with E-state index in [1.807, 2.05) is 4.90 Å². The van der Waals surface area contributed by atoms with E-state index in [4.69, 9.17) is 4.74 Å². The van der Waals surface area contributed by atoms with E-state index in [1.165, 1.54) is 11.1 Å². The second-order valence-corrected chi connectivity index (χ2v) is 6.64. The van der Waals surface area contributed by atoms with Crippen LogP contribution in [-0.2, 0) is 22.4 Å². The van der Waals surface area contributed by atoms with Crippen LogP contribution in [0.2, 0.25) is 0 Å². The third-order valence-corrected chi connectivity index (χ3v) is 4.87. The molecule has 124 valence electrons. The summed E-state index contributed by atoms with van der Waals surface area (Å²) < 4.78 is 5.48. The number of ether oxygens (including phenoxy) is 1. The Morgan fingerprint density at radius 2 is 1.91 bits per heavy atom. The number of carbonyl (C=O) groups is 2. The number of likely N-dealkylation sites (tertiary alicyclic amines) is 1. The van der Waals surface area contributed by atoms with Crippen LogP contribution in [0.15, 0.2) is 24.3 Å². The predicted molar refractivity (Wildman–Crippen MR) is 87.2 cm³/mol. The van der Waals surface area contributed by atoms with E-state index < -0.39 is 5.60 Å². The minimum Gasteiger partial charge on any atom is -0.439 e. The second kappa shape index (κ2) is 6.22. The summed E-state index contributed by atoms with van der Waals surface area (Å²) in [5.41, 5.74) is 2.02. The fourth-order valence-electron chi connectivity index (χ4n) is 3.41. The number of hydrogen-bond acceptors (Lipinski definition) is 3. The first kappa shape index (κ1) is 15.8. The average Bonchev–Trinajstić information content (AvgIpc) is 3.08. The molecule has 0 aromatic heterocycles. The smallest absolute Gasteiger partial charge is 0.410 e. The molecule has 5 heteroatoms. The molecule has 0 bridgehead atoms. The van der Waals surface area contributed by atoms with Crippen molar-refractivity contribution in [1.29, 1.82) is 0 Å². The fourth-order valence-corrected chi connectivity index (χ4v) is 3.41. The van der Waals surface area contributed by atoms with E-state index in [-0.39, 0.29) is 12.0 Å². The van der Waals surface area contributed by atoms with Crippen molar-refractivity contribution in [2.24, 2.45) is 0 Å². The summed E-state index contributed by atoms with van der Waals surface area (Å²) in [6.07, 6.45) is 2.75. The molecule has 1 aromatic rings. The number of aryl methyl sites for hydroxylation is 2. The van der Waals surface area contributed by atoms with Crippen LogP contribution in [0, 0.1) is 0 Å². The van der Waals surface area contributed by atoms with Gasteiger partial charge in [0.15, 0.2) is 5.60 Å². The Bertz CT molecular complexity index is 599. The molecule has 0 saturated carbocycles. The van der Waals surface area contributed by atoms with E-state index in [1.54, 1.807) is 11.9 Å². The first-order valence-electron chi connectivity index (χ1n) is 8.31. The Hall–Kier alpha value is -2.04. The van der Waals surface area contributed by atoms with Crippen molar-refractivity contribution >= 4 is 12.0 Å². The summed E-state index contributed by atoms with van der Waals surface area (Å²) in [5.74, 6) is 0.145. The van der Waals surface area contributed by atoms with Crippen LogP contribution < -0.4 is 0 Å². The summed E-state index contributed by atoms with van der Waals surface area (Å²) in [7, 11) is 1.74. The molecular formula is C18H24N2O3.